The first-order chi connectivity index (χ1) is 9.74. The number of aryl methyl sites for hydroxylation is 1. The summed E-state index contributed by atoms with van der Waals surface area (Å²) in [6.45, 7) is 3.21. The normalized spacial score (nSPS) is 10.1. The molecule has 2 amide bonds. The lowest BCUT2D eigenvalue weighted by Crippen LogP contribution is -2.36. The number of aromatic nitrogens is 1. The number of carbonyl (C=O) groups excluding carboxylic acids is 1. The number of benzene rings is 1. The minimum Gasteiger partial charge on any atom is -0.338 e. The summed E-state index contributed by atoms with van der Waals surface area (Å²) < 4.78 is 0. The number of nitrogens with one attached hydrogen (secondary N) is 2. The Labute approximate surface area is 119 Å². The second kappa shape index (κ2) is 7.28. The van der Waals surface area contributed by atoms with Crippen molar-refractivity contribution in [2.24, 2.45) is 0 Å². The molecule has 20 heavy (non-hydrogen) atoms. The molecule has 0 bridgehead atoms. The number of rotatable bonds is 5. The second-order valence-electron chi connectivity index (χ2n) is 4.70. The van der Waals surface area contributed by atoms with Crippen LogP contribution in [0.5, 0.6) is 0 Å². The van der Waals surface area contributed by atoms with Gasteiger partial charge in [0.25, 0.3) is 0 Å². The van der Waals surface area contributed by atoms with Crippen LogP contribution in [0, 0.1) is 6.92 Å². The van der Waals surface area contributed by atoms with E-state index in [-0.39, 0.29) is 6.03 Å². The smallest absolute Gasteiger partial charge is 0.315 e. The van der Waals surface area contributed by atoms with Crippen LogP contribution in [0.4, 0.5) is 4.79 Å². The van der Waals surface area contributed by atoms with Gasteiger partial charge < -0.3 is 10.6 Å². The van der Waals surface area contributed by atoms with Gasteiger partial charge in [-0.2, -0.15) is 0 Å². The molecule has 1 aromatic carbocycles. The third-order valence-corrected chi connectivity index (χ3v) is 3.02. The number of amides is 2. The molecular weight excluding hydrogens is 250 g/mol. The molecule has 2 N–H and O–H groups in total. The summed E-state index contributed by atoms with van der Waals surface area (Å²) in [5, 5.41) is 5.67. The van der Waals surface area contributed by atoms with Crippen LogP contribution in [0.1, 0.15) is 16.7 Å². The van der Waals surface area contributed by atoms with Gasteiger partial charge in [-0.1, -0.05) is 29.8 Å². The molecule has 0 radical (unpaired) electrons. The van der Waals surface area contributed by atoms with Crippen molar-refractivity contribution in [3.8, 4) is 0 Å². The highest BCUT2D eigenvalue weighted by Crippen LogP contribution is 2.03. The molecule has 0 aliphatic heterocycles. The second-order valence-corrected chi connectivity index (χ2v) is 4.70. The fraction of sp³-hybridized carbons (Fsp3) is 0.250. The number of urea groups is 1. The Morgan fingerprint density at radius 2 is 1.70 bits per heavy atom. The van der Waals surface area contributed by atoms with Crippen LogP contribution in [0.15, 0.2) is 48.8 Å². The van der Waals surface area contributed by atoms with E-state index < -0.39 is 0 Å². The van der Waals surface area contributed by atoms with Crippen molar-refractivity contribution in [2.45, 2.75) is 19.9 Å². The molecule has 4 heteroatoms. The Morgan fingerprint density at radius 1 is 1.00 bits per heavy atom. The van der Waals surface area contributed by atoms with Crippen molar-refractivity contribution in [1.82, 2.24) is 15.6 Å². The molecular formula is C16H19N3O. The van der Waals surface area contributed by atoms with E-state index in [1.54, 1.807) is 12.4 Å². The summed E-state index contributed by atoms with van der Waals surface area (Å²) in [5.41, 5.74) is 3.51. The summed E-state index contributed by atoms with van der Waals surface area (Å²) in [7, 11) is 0. The Morgan fingerprint density at radius 3 is 2.40 bits per heavy atom. The summed E-state index contributed by atoms with van der Waals surface area (Å²) >= 11 is 0. The first-order valence-corrected chi connectivity index (χ1v) is 6.70. The van der Waals surface area contributed by atoms with Crippen molar-refractivity contribution in [1.29, 1.82) is 0 Å². The Kier molecular flexibility index (Phi) is 5.12. The molecule has 0 fully saturated rings. The number of pyridine rings is 1. The largest absolute Gasteiger partial charge is 0.338 e. The van der Waals surface area contributed by atoms with Gasteiger partial charge >= 0.3 is 6.03 Å². The molecule has 2 rings (SSSR count). The fourth-order valence-electron chi connectivity index (χ4n) is 1.82. The molecule has 1 heterocycles. The van der Waals surface area contributed by atoms with Gasteiger partial charge in [0, 0.05) is 25.5 Å². The monoisotopic (exact) mass is 269 g/mol. The lowest BCUT2D eigenvalue weighted by atomic mass is 10.1. The first kappa shape index (κ1) is 14.1. The molecule has 0 atom stereocenters. The highest BCUT2D eigenvalue weighted by atomic mass is 16.2. The molecule has 0 aliphatic rings. The number of carbonyl (C=O) groups is 1. The Balaban J connectivity index is 1.66. The molecule has 0 aliphatic carbocycles. The van der Waals surface area contributed by atoms with Crippen LogP contribution < -0.4 is 10.6 Å². The van der Waals surface area contributed by atoms with Crippen LogP contribution in [0.25, 0.3) is 0 Å². The van der Waals surface area contributed by atoms with Gasteiger partial charge in [0.1, 0.15) is 0 Å². The third-order valence-electron chi connectivity index (χ3n) is 3.02. The van der Waals surface area contributed by atoms with E-state index in [0.29, 0.717) is 13.1 Å². The zero-order chi connectivity index (χ0) is 14.2. The highest BCUT2D eigenvalue weighted by Gasteiger charge is 2.00. The van der Waals surface area contributed by atoms with Gasteiger partial charge in [-0.05, 0) is 36.6 Å². The number of nitrogens with zero attached hydrogens (tertiary/aromatic N) is 1. The van der Waals surface area contributed by atoms with Gasteiger partial charge in [-0.15, -0.1) is 0 Å². The minimum absolute atomic E-state index is 0.145. The highest BCUT2D eigenvalue weighted by molar-refractivity contribution is 5.73. The SMILES string of the molecule is Cc1ccc(CCNC(=O)NCc2ccncc2)cc1. The summed E-state index contributed by atoms with van der Waals surface area (Å²) in [5.74, 6) is 0. The topological polar surface area (TPSA) is 54.0 Å². The zero-order valence-corrected chi connectivity index (χ0v) is 11.6. The molecule has 2 aromatic rings. The van der Waals surface area contributed by atoms with Crippen LogP contribution in [0.2, 0.25) is 0 Å². The average molecular weight is 269 g/mol. The molecule has 0 saturated carbocycles. The standard InChI is InChI=1S/C16H19N3O/c1-13-2-4-14(5-3-13)8-11-18-16(20)19-12-15-6-9-17-10-7-15/h2-7,9-10H,8,11-12H2,1H3,(H2,18,19,20). The first-order valence-electron chi connectivity index (χ1n) is 6.70. The molecule has 104 valence electrons. The van der Waals surface area contributed by atoms with Crippen molar-refractivity contribution >= 4 is 6.03 Å². The molecule has 1 aromatic heterocycles. The van der Waals surface area contributed by atoms with Crippen LogP contribution in [-0.4, -0.2) is 17.6 Å². The van der Waals surface area contributed by atoms with E-state index in [2.05, 4.69) is 46.8 Å². The van der Waals surface area contributed by atoms with E-state index in [4.69, 9.17) is 0 Å². The lowest BCUT2D eigenvalue weighted by molar-refractivity contribution is 0.240. The maximum absolute atomic E-state index is 11.6. The van der Waals surface area contributed by atoms with Crippen LogP contribution >= 0.6 is 0 Å². The quantitative estimate of drug-likeness (QED) is 0.876. The van der Waals surface area contributed by atoms with E-state index in [1.807, 2.05) is 12.1 Å². The Bertz CT molecular complexity index is 537. The third kappa shape index (κ3) is 4.72. The number of hydrogen-bond acceptors (Lipinski definition) is 2. The van der Waals surface area contributed by atoms with Crippen molar-refractivity contribution < 1.29 is 4.79 Å². The molecule has 4 nitrogen and oxygen atoms in total. The van der Waals surface area contributed by atoms with Gasteiger partial charge in [-0.3, -0.25) is 4.98 Å². The molecule has 0 spiro atoms. The van der Waals surface area contributed by atoms with Crippen LogP contribution in [-0.2, 0) is 13.0 Å². The van der Waals surface area contributed by atoms with Gasteiger partial charge in [0.05, 0.1) is 0 Å². The van der Waals surface area contributed by atoms with Gasteiger partial charge in [0.2, 0.25) is 0 Å². The minimum atomic E-state index is -0.145. The Hall–Kier alpha value is -2.36. The maximum atomic E-state index is 11.6. The van der Waals surface area contributed by atoms with Crippen LogP contribution in [0.3, 0.4) is 0 Å². The van der Waals surface area contributed by atoms with Crippen molar-refractivity contribution in [2.75, 3.05) is 6.54 Å². The van der Waals surface area contributed by atoms with E-state index in [1.165, 1.54) is 11.1 Å². The number of hydrogen-bond donors (Lipinski definition) is 2. The predicted molar refractivity (Wildman–Crippen MR) is 79.4 cm³/mol. The zero-order valence-electron chi connectivity index (χ0n) is 11.6. The lowest BCUT2D eigenvalue weighted by Gasteiger charge is -2.07. The van der Waals surface area contributed by atoms with Gasteiger partial charge in [0.15, 0.2) is 0 Å². The fourth-order valence-corrected chi connectivity index (χ4v) is 1.82. The average Bonchev–Trinajstić information content (AvgIpc) is 2.48. The summed E-state index contributed by atoms with van der Waals surface area (Å²) in [4.78, 5) is 15.6. The molecule has 0 unspecified atom stereocenters. The van der Waals surface area contributed by atoms with E-state index >= 15 is 0 Å². The van der Waals surface area contributed by atoms with E-state index in [0.717, 1.165) is 12.0 Å². The predicted octanol–water partition coefficient (Wildman–Crippen LogP) is 2.43. The van der Waals surface area contributed by atoms with E-state index in [9.17, 15) is 4.79 Å². The maximum Gasteiger partial charge on any atom is 0.315 e. The summed E-state index contributed by atoms with van der Waals surface area (Å²) in [6, 6.07) is 12.0. The molecule has 0 saturated heterocycles. The van der Waals surface area contributed by atoms with Crippen molar-refractivity contribution in [3.05, 3.63) is 65.5 Å². The van der Waals surface area contributed by atoms with Gasteiger partial charge in [-0.25, -0.2) is 4.79 Å². The summed E-state index contributed by atoms with van der Waals surface area (Å²) in [6.07, 6.45) is 4.27. The van der Waals surface area contributed by atoms with Crippen molar-refractivity contribution in [3.63, 3.8) is 0 Å².